The van der Waals surface area contributed by atoms with E-state index in [-0.39, 0.29) is 12.0 Å². The third-order valence-corrected chi connectivity index (χ3v) is 4.38. The van der Waals surface area contributed by atoms with Gasteiger partial charge in [0.2, 0.25) is 0 Å². The highest BCUT2D eigenvalue weighted by atomic mass is 32.1. The zero-order valence-electron chi connectivity index (χ0n) is 11.2. The van der Waals surface area contributed by atoms with Gasteiger partial charge in [0.25, 0.3) is 5.91 Å². The molecule has 1 fully saturated rings. The standard InChI is InChI=1S/C16H17NO2S/c18-16(17-11-13-7-4-9-19-13)15-14(8-10-20-15)12-5-2-1-3-6-12/h1-3,5-6,8,10,13H,4,7,9,11H2,(H,17,18)/t13-/m1/s1. The Morgan fingerprint density at radius 3 is 2.90 bits per heavy atom. The second-order valence-electron chi connectivity index (χ2n) is 4.87. The molecule has 0 saturated carbocycles. The van der Waals surface area contributed by atoms with E-state index in [0.29, 0.717) is 6.54 Å². The average molecular weight is 287 g/mol. The van der Waals surface area contributed by atoms with Crippen LogP contribution in [0.4, 0.5) is 0 Å². The van der Waals surface area contributed by atoms with Crippen molar-refractivity contribution in [3.63, 3.8) is 0 Å². The first kappa shape index (κ1) is 13.3. The van der Waals surface area contributed by atoms with Crippen LogP contribution in [-0.2, 0) is 4.74 Å². The molecular weight excluding hydrogens is 270 g/mol. The number of carbonyl (C=O) groups is 1. The lowest BCUT2D eigenvalue weighted by Gasteiger charge is -2.11. The second-order valence-corrected chi connectivity index (χ2v) is 5.79. The summed E-state index contributed by atoms with van der Waals surface area (Å²) in [5.41, 5.74) is 2.08. The molecular formula is C16H17NO2S. The molecule has 1 N–H and O–H groups in total. The van der Waals surface area contributed by atoms with E-state index >= 15 is 0 Å². The Morgan fingerprint density at radius 1 is 1.30 bits per heavy atom. The molecule has 104 valence electrons. The minimum absolute atomic E-state index is 0.00523. The first-order chi connectivity index (χ1) is 9.84. The topological polar surface area (TPSA) is 38.3 Å². The number of hydrogen-bond donors (Lipinski definition) is 1. The van der Waals surface area contributed by atoms with Gasteiger partial charge in [0.1, 0.15) is 0 Å². The molecule has 0 radical (unpaired) electrons. The Bertz CT molecular complexity index is 573. The highest BCUT2D eigenvalue weighted by Crippen LogP contribution is 2.28. The van der Waals surface area contributed by atoms with E-state index in [1.165, 1.54) is 11.3 Å². The third kappa shape index (κ3) is 2.92. The Morgan fingerprint density at radius 2 is 2.15 bits per heavy atom. The van der Waals surface area contributed by atoms with Crippen molar-refractivity contribution in [1.29, 1.82) is 0 Å². The van der Waals surface area contributed by atoms with E-state index in [1.54, 1.807) is 0 Å². The van der Waals surface area contributed by atoms with Crippen LogP contribution >= 0.6 is 11.3 Å². The van der Waals surface area contributed by atoms with Gasteiger partial charge in [0, 0.05) is 18.7 Å². The maximum Gasteiger partial charge on any atom is 0.262 e. The summed E-state index contributed by atoms with van der Waals surface area (Å²) in [5, 5.41) is 4.95. The van der Waals surface area contributed by atoms with Gasteiger partial charge < -0.3 is 10.1 Å². The zero-order chi connectivity index (χ0) is 13.8. The van der Waals surface area contributed by atoms with Crippen molar-refractivity contribution in [3.05, 3.63) is 46.7 Å². The van der Waals surface area contributed by atoms with Gasteiger partial charge in [0.05, 0.1) is 11.0 Å². The van der Waals surface area contributed by atoms with E-state index in [0.717, 1.165) is 35.5 Å². The van der Waals surface area contributed by atoms with Gasteiger partial charge in [-0.3, -0.25) is 4.79 Å². The van der Waals surface area contributed by atoms with Gasteiger partial charge in [-0.15, -0.1) is 11.3 Å². The van der Waals surface area contributed by atoms with E-state index in [2.05, 4.69) is 5.32 Å². The molecule has 1 aliphatic heterocycles. The molecule has 20 heavy (non-hydrogen) atoms. The summed E-state index contributed by atoms with van der Waals surface area (Å²) < 4.78 is 5.52. The van der Waals surface area contributed by atoms with Crippen LogP contribution in [0.5, 0.6) is 0 Å². The third-order valence-electron chi connectivity index (χ3n) is 3.47. The van der Waals surface area contributed by atoms with Gasteiger partial charge in [-0.1, -0.05) is 30.3 Å². The molecule has 3 nitrogen and oxygen atoms in total. The Labute approximate surface area is 122 Å². The molecule has 2 aromatic rings. The molecule has 1 amide bonds. The van der Waals surface area contributed by atoms with Crippen LogP contribution in [0.1, 0.15) is 22.5 Å². The Hall–Kier alpha value is -1.65. The molecule has 0 spiro atoms. The van der Waals surface area contributed by atoms with Crippen LogP contribution in [0.3, 0.4) is 0 Å². The summed E-state index contributed by atoms with van der Waals surface area (Å²) in [6.07, 6.45) is 2.31. The lowest BCUT2D eigenvalue weighted by atomic mass is 10.1. The van der Waals surface area contributed by atoms with Crippen LogP contribution < -0.4 is 5.32 Å². The number of thiophene rings is 1. The lowest BCUT2D eigenvalue weighted by Crippen LogP contribution is -2.31. The van der Waals surface area contributed by atoms with Gasteiger partial charge in [-0.2, -0.15) is 0 Å². The zero-order valence-corrected chi connectivity index (χ0v) is 12.0. The van der Waals surface area contributed by atoms with E-state index < -0.39 is 0 Å². The number of nitrogens with one attached hydrogen (secondary N) is 1. The predicted molar refractivity (Wildman–Crippen MR) is 81.1 cm³/mol. The summed E-state index contributed by atoms with van der Waals surface area (Å²) >= 11 is 1.48. The SMILES string of the molecule is O=C(NC[C@H]1CCCO1)c1sccc1-c1ccccc1. The Kier molecular flexibility index (Phi) is 4.14. The van der Waals surface area contributed by atoms with E-state index in [4.69, 9.17) is 4.74 Å². The van der Waals surface area contributed by atoms with Crippen molar-refractivity contribution in [1.82, 2.24) is 5.32 Å². The van der Waals surface area contributed by atoms with Crippen molar-refractivity contribution in [3.8, 4) is 11.1 Å². The smallest absolute Gasteiger partial charge is 0.262 e. The molecule has 1 atom stereocenters. The van der Waals surface area contributed by atoms with Crippen LogP contribution in [0.2, 0.25) is 0 Å². The van der Waals surface area contributed by atoms with Crippen LogP contribution in [0, 0.1) is 0 Å². The first-order valence-electron chi connectivity index (χ1n) is 6.87. The van der Waals surface area contributed by atoms with Crippen LogP contribution in [-0.4, -0.2) is 25.2 Å². The van der Waals surface area contributed by atoms with Gasteiger partial charge in [-0.25, -0.2) is 0 Å². The second kappa shape index (κ2) is 6.20. The van der Waals surface area contributed by atoms with Crippen LogP contribution in [0.25, 0.3) is 11.1 Å². The minimum atomic E-state index is -0.00523. The summed E-state index contributed by atoms with van der Waals surface area (Å²) in [6.45, 7) is 1.42. The molecule has 1 aromatic heterocycles. The first-order valence-corrected chi connectivity index (χ1v) is 7.75. The number of carbonyl (C=O) groups excluding carboxylic acids is 1. The maximum absolute atomic E-state index is 12.3. The van der Waals surface area contributed by atoms with Gasteiger partial charge in [0.15, 0.2) is 0 Å². The summed E-state index contributed by atoms with van der Waals surface area (Å²) in [4.78, 5) is 13.1. The molecule has 0 bridgehead atoms. The fourth-order valence-electron chi connectivity index (χ4n) is 2.42. The molecule has 4 heteroatoms. The monoisotopic (exact) mass is 287 g/mol. The molecule has 1 aliphatic rings. The lowest BCUT2D eigenvalue weighted by molar-refractivity contribution is 0.0861. The van der Waals surface area contributed by atoms with Crippen molar-refractivity contribution in [2.45, 2.75) is 18.9 Å². The number of amides is 1. The number of benzene rings is 1. The predicted octanol–water partition coefficient (Wildman–Crippen LogP) is 3.32. The minimum Gasteiger partial charge on any atom is -0.376 e. The van der Waals surface area contributed by atoms with Crippen LogP contribution in [0.15, 0.2) is 41.8 Å². The fraction of sp³-hybridized carbons (Fsp3) is 0.312. The van der Waals surface area contributed by atoms with E-state index in [9.17, 15) is 4.79 Å². The van der Waals surface area contributed by atoms with E-state index in [1.807, 2.05) is 41.8 Å². The molecule has 1 saturated heterocycles. The number of hydrogen-bond acceptors (Lipinski definition) is 3. The van der Waals surface area contributed by atoms with Crippen molar-refractivity contribution in [2.24, 2.45) is 0 Å². The number of ether oxygens (including phenoxy) is 1. The summed E-state index contributed by atoms with van der Waals surface area (Å²) in [5.74, 6) is -0.00523. The molecule has 0 aliphatic carbocycles. The van der Waals surface area contributed by atoms with Crippen molar-refractivity contribution >= 4 is 17.2 Å². The maximum atomic E-state index is 12.3. The highest BCUT2D eigenvalue weighted by Gasteiger charge is 2.19. The van der Waals surface area contributed by atoms with Crippen molar-refractivity contribution < 1.29 is 9.53 Å². The van der Waals surface area contributed by atoms with Crippen molar-refractivity contribution in [2.75, 3.05) is 13.2 Å². The van der Waals surface area contributed by atoms with Gasteiger partial charge in [-0.05, 0) is 29.9 Å². The quantitative estimate of drug-likeness (QED) is 0.936. The molecule has 3 rings (SSSR count). The fourth-order valence-corrected chi connectivity index (χ4v) is 3.25. The summed E-state index contributed by atoms with van der Waals surface area (Å²) in [7, 11) is 0. The molecule has 1 aromatic carbocycles. The number of rotatable bonds is 4. The molecule has 0 unspecified atom stereocenters. The molecule has 2 heterocycles. The summed E-state index contributed by atoms with van der Waals surface area (Å²) in [6, 6.07) is 12.0. The van der Waals surface area contributed by atoms with Gasteiger partial charge >= 0.3 is 0 Å². The highest BCUT2D eigenvalue weighted by molar-refractivity contribution is 7.12. The Balaban J connectivity index is 1.70. The largest absolute Gasteiger partial charge is 0.376 e. The normalized spacial score (nSPS) is 18.1. The average Bonchev–Trinajstić information content (AvgIpc) is 3.17.